The number of allylic oxidation sites excluding steroid dienone is 1. The second-order valence-electron chi connectivity index (χ2n) is 4.60. The molecule has 0 saturated heterocycles. The molecule has 0 N–H and O–H groups in total. The van der Waals surface area contributed by atoms with Crippen molar-refractivity contribution in [3.05, 3.63) is 19.1 Å². The normalized spacial score (nSPS) is 10.8. The molecule has 0 aromatic heterocycles. The van der Waals surface area contributed by atoms with Crippen LogP contribution < -0.4 is 18.9 Å². The Hall–Kier alpha value is 0.257. The van der Waals surface area contributed by atoms with Crippen molar-refractivity contribution >= 4 is 0 Å². The molecule has 108 valence electrons. The van der Waals surface area contributed by atoms with Gasteiger partial charge in [-0.05, 0) is 12.8 Å². The summed E-state index contributed by atoms with van der Waals surface area (Å²) >= 11 is 0. The van der Waals surface area contributed by atoms with E-state index in [1.54, 1.807) is 0 Å². The standard InChI is InChI=1S/C16H31O2.Li/c1-3-5-7-9-10-11-13-15-18-16-17-14-12-8-6-4-2;/h6,8H,2-5,7,9-16H2,1H3;/q-1;+1/b8-6+;. The van der Waals surface area contributed by atoms with Crippen LogP contribution in [0.2, 0.25) is 0 Å². The molecule has 3 heteroatoms. The fourth-order valence-corrected chi connectivity index (χ4v) is 1.73. The Kier molecular flexibility index (Phi) is 23.3. The summed E-state index contributed by atoms with van der Waals surface area (Å²) in [5.41, 5.74) is 0. The van der Waals surface area contributed by atoms with Crippen LogP contribution in [-0.4, -0.2) is 20.0 Å². The minimum absolute atomic E-state index is 0. The quantitative estimate of drug-likeness (QED) is 0.156. The maximum absolute atomic E-state index is 5.41. The van der Waals surface area contributed by atoms with Crippen LogP contribution in [0.5, 0.6) is 0 Å². The van der Waals surface area contributed by atoms with Gasteiger partial charge in [0.25, 0.3) is 0 Å². The van der Waals surface area contributed by atoms with Gasteiger partial charge in [-0.1, -0.05) is 51.5 Å². The first-order chi connectivity index (χ1) is 8.91. The average molecular weight is 262 g/mol. The smallest absolute Gasteiger partial charge is 0.355 e. The Balaban J connectivity index is 0. The van der Waals surface area contributed by atoms with Crippen LogP contribution in [0.3, 0.4) is 0 Å². The van der Waals surface area contributed by atoms with Gasteiger partial charge in [0.1, 0.15) is 6.79 Å². The van der Waals surface area contributed by atoms with Crippen LogP contribution in [0.4, 0.5) is 0 Å². The van der Waals surface area contributed by atoms with E-state index in [0.29, 0.717) is 6.79 Å². The van der Waals surface area contributed by atoms with Crippen LogP contribution in [0.25, 0.3) is 0 Å². The topological polar surface area (TPSA) is 18.5 Å². The van der Waals surface area contributed by atoms with Crippen LogP contribution in [-0.2, 0) is 9.47 Å². The summed E-state index contributed by atoms with van der Waals surface area (Å²) in [7, 11) is 0. The van der Waals surface area contributed by atoms with E-state index >= 15 is 0 Å². The van der Waals surface area contributed by atoms with E-state index in [0.717, 1.165) is 32.5 Å². The Morgan fingerprint density at radius 1 is 0.842 bits per heavy atom. The van der Waals surface area contributed by atoms with Gasteiger partial charge in [0.15, 0.2) is 0 Å². The van der Waals surface area contributed by atoms with E-state index in [-0.39, 0.29) is 18.9 Å². The van der Waals surface area contributed by atoms with Gasteiger partial charge in [0.05, 0.1) is 6.61 Å². The summed E-state index contributed by atoms with van der Waals surface area (Å²) in [6.07, 6.45) is 15.2. The molecule has 0 rings (SSSR count). The van der Waals surface area contributed by atoms with Gasteiger partial charge in [-0.25, -0.2) is 0 Å². The fourth-order valence-electron chi connectivity index (χ4n) is 1.73. The molecule has 0 aromatic carbocycles. The van der Waals surface area contributed by atoms with Crippen molar-refractivity contribution in [2.24, 2.45) is 0 Å². The zero-order chi connectivity index (χ0) is 13.3. The first-order valence-corrected chi connectivity index (χ1v) is 7.51. The summed E-state index contributed by atoms with van der Waals surface area (Å²) in [4.78, 5) is 0. The molecule has 19 heavy (non-hydrogen) atoms. The average Bonchev–Trinajstić information content (AvgIpc) is 2.39. The van der Waals surface area contributed by atoms with Crippen molar-refractivity contribution in [2.45, 2.75) is 64.7 Å². The molecule has 0 saturated carbocycles. The Bertz CT molecular complexity index is 172. The zero-order valence-electron chi connectivity index (χ0n) is 13.2. The second-order valence-corrected chi connectivity index (χ2v) is 4.60. The predicted octanol–water partition coefficient (Wildman–Crippen LogP) is 1.90. The Labute approximate surface area is 132 Å². The molecule has 0 spiro atoms. The number of unbranched alkanes of at least 4 members (excludes halogenated alkanes) is 6. The minimum Gasteiger partial charge on any atom is -0.355 e. The largest absolute Gasteiger partial charge is 1.00 e. The molecular weight excluding hydrogens is 231 g/mol. The maximum atomic E-state index is 5.41. The first kappa shape index (κ1) is 21.6. The second kappa shape index (κ2) is 20.6. The fraction of sp³-hybridized carbons (Fsp3) is 0.812. The molecule has 2 nitrogen and oxygen atoms in total. The molecule has 0 amide bonds. The molecule has 0 atom stereocenters. The van der Waals surface area contributed by atoms with E-state index in [9.17, 15) is 0 Å². The van der Waals surface area contributed by atoms with Gasteiger partial charge < -0.3 is 16.4 Å². The number of ether oxygens (including phenoxy) is 2. The SMILES string of the molecule is [CH2-]C/C=C/CCOCOCCCCCCCCC.[Li+]. The number of hydrogen-bond donors (Lipinski definition) is 0. The molecule has 0 aliphatic rings. The van der Waals surface area contributed by atoms with Gasteiger partial charge in [0.2, 0.25) is 0 Å². The van der Waals surface area contributed by atoms with E-state index in [2.05, 4.69) is 26.0 Å². The predicted molar refractivity (Wildman–Crippen MR) is 78.5 cm³/mol. The molecule has 0 heterocycles. The van der Waals surface area contributed by atoms with Crippen molar-refractivity contribution in [1.29, 1.82) is 0 Å². The van der Waals surface area contributed by atoms with Gasteiger partial charge in [-0.2, -0.15) is 6.42 Å². The van der Waals surface area contributed by atoms with Crippen molar-refractivity contribution in [1.82, 2.24) is 0 Å². The van der Waals surface area contributed by atoms with Crippen LogP contribution in [0.1, 0.15) is 64.7 Å². The Morgan fingerprint density at radius 2 is 1.47 bits per heavy atom. The maximum Gasteiger partial charge on any atom is 1.00 e. The molecule has 0 fully saturated rings. The van der Waals surface area contributed by atoms with Crippen molar-refractivity contribution in [3.63, 3.8) is 0 Å². The van der Waals surface area contributed by atoms with Gasteiger partial charge in [-0.15, -0.1) is 6.08 Å². The van der Waals surface area contributed by atoms with Crippen molar-refractivity contribution < 1.29 is 28.3 Å². The van der Waals surface area contributed by atoms with E-state index < -0.39 is 0 Å². The third-order valence-electron chi connectivity index (χ3n) is 2.82. The molecule has 0 aliphatic carbocycles. The van der Waals surface area contributed by atoms with E-state index in [1.165, 1.54) is 38.5 Å². The minimum atomic E-state index is 0. The zero-order valence-corrected chi connectivity index (χ0v) is 13.2. The summed E-state index contributed by atoms with van der Waals surface area (Å²) in [6.45, 7) is 8.00. The van der Waals surface area contributed by atoms with Crippen LogP contribution in [0, 0.1) is 6.92 Å². The van der Waals surface area contributed by atoms with Crippen molar-refractivity contribution in [2.75, 3.05) is 20.0 Å². The van der Waals surface area contributed by atoms with Crippen molar-refractivity contribution in [3.8, 4) is 0 Å². The van der Waals surface area contributed by atoms with Gasteiger partial charge in [0, 0.05) is 6.61 Å². The molecule has 0 radical (unpaired) electrons. The molecule has 0 bridgehead atoms. The molecule has 0 unspecified atom stereocenters. The first-order valence-electron chi connectivity index (χ1n) is 7.51. The third-order valence-corrected chi connectivity index (χ3v) is 2.82. The summed E-state index contributed by atoms with van der Waals surface area (Å²) < 4.78 is 10.8. The number of hydrogen-bond acceptors (Lipinski definition) is 2. The molecule has 0 aliphatic heterocycles. The molecule has 0 aromatic rings. The Morgan fingerprint density at radius 3 is 2.16 bits per heavy atom. The van der Waals surface area contributed by atoms with Crippen LogP contribution in [0.15, 0.2) is 12.2 Å². The van der Waals surface area contributed by atoms with E-state index in [1.807, 2.05) is 0 Å². The van der Waals surface area contributed by atoms with E-state index in [4.69, 9.17) is 9.47 Å². The monoisotopic (exact) mass is 262 g/mol. The summed E-state index contributed by atoms with van der Waals surface area (Å²) in [5, 5.41) is 0. The van der Waals surface area contributed by atoms with Gasteiger partial charge >= 0.3 is 18.9 Å². The third kappa shape index (κ3) is 20.7. The summed E-state index contributed by atoms with van der Waals surface area (Å²) in [5.74, 6) is 0. The van der Waals surface area contributed by atoms with Crippen LogP contribution >= 0.6 is 0 Å². The molecular formula is C16H31LiO2. The number of rotatable bonds is 14. The van der Waals surface area contributed by atoms with Gasteiger partial charge in [-0.3, -0.25) is 0 Å². The summed E-state index contributed by atoms with van der Waals surface area (Å²) in [6, 6.07) is 0.